The van der Waals surface area contributed by atoms with Gasteiger partial charge in [0.05, 0.1) is 17.3 Å². The first-order chi connectivity index (χ1) is 7.70. The first-order valence-corrected chi connectivity index (χ1v) is 5.93. The van der Waals surface area contributed by atoms with E-state index in [0.717, 1.165) is 5.01 Å². The Labute approximate surface area is 101 Å². The minimum atomic E-state index is -0.326. The van der Waals surface area contributed by atoms with Crippen LogP contribution in [0.15, 0.2) is 23.6 Å². The van der Waals surface area contributed by atoms with Gasteiger partial charge >= 0.3 is 0 Å². The van der Waals surface area contributed by atoms with E-state index in [1.807, 2.05) is 0 Å². The lowest BCUT2D eigenvalue weighted by Gasteiger charge is -2.02. The third-order valence-corrected chi connectivity index (χ3v) is 3.40. The molecule has 1 N–H and O–H groups in total. The summed E-state index contributed by atoms with van der Waals surface area (Å²) in [5.74, 6) is -0.326. The number of aromatic nitrogens is 1. The Morgan fingerprint density at radius 1 is 1.44 bits per heavy atom. The van der Waals surface area contributed by atoms with Gasteiger partial charge in [-0.2, -0.15) is 0 Å². The molecular weight excluding hydrogens is 249 g/mol. The molecule has 1 aromatic carbocycles. The van der Waals surface area contributed by atoms with Crippen LogP contribution in [0.4, 0.5) is 4.39 Å². The molecule has 0 bridgehead atoms. The lowest BCUT2D eigenvalue weighted by Crippen LogP contribution is -1.94. The summed E-state index contributed by atoms with van der Waals surface area (Å²) in [5, 5.41) is 11.8. The van der Waals surface area contributed by atoms with E-state index in [9.17, 15) is 4.39 Å². The second-order valence-corrected chi connectivity index (χ2v) is 4.62. The summed E-state index contributed by atoms with van der Waals surface area (Å²) in [6.45, 7) is -0.0957. The summed E-state index contributed by atoms with van der Waals surface area (Å²) in [4.78, 5) is 4.15. The lowest BCUT2D eigenvalue weighted by molar-refractivity contribution is 0.277. The van der Waals surface area contributed by atoms with Gasteiger partial charge in [-0.3, -0.25) is 0 Å². The van der Waals surface area contributed by atoms with Crippen molar-refractivity contribution in [2.24, 2.45) is 0 Å². The maximum Gasteiger partial charge on any atom is 0.128 e. The maximum absolute atomic E-state index is 13.5. The smallest absolute Gasteiger partial charge is 0.128 e. The Balaban J connectivity index is 2.26. The van der Waals surface area contributed by atoms with E-state index in [2.05, 4.69) is 4.98 Å². The fourth-order valence-electron chi connectivity index (χ4n) is 1.36. The molecule has 0 unspecified atom stereocenters. The van der Waals surface area contributed by atoms with Gasteiger partial charge in [0.2, 0.25) is 0 Å². The molecule has 2 rings (SSSR count). The van der Waals surface area contributed by atoms with E-state index in [4.69, 9.17) is 16.7 Å². The van der Waals surface area contributed by atoms with Crippen LogP contribution >= 0.6 is 22.9 Å². The van der Waals surface area contributed by atoms with E-state index in [-0.39, 0.29) is 12.4 Å². The van der Waals surface area contributed by atoms with Gasteiger partial charge in [-0.05, 0) is 12.1 Å². The largest absolute Gasteiger partial charge is 0.390 e. The summed E-state index contributed by atoms with van der Waals surface area (Å²) in [6, 6.07) is 4.60. The Bertz CT molecular complexity index is 480. The van der Waals surface area contributed by atoms with E-state index in [0.29, 0.717) is 22.7 Å². The summed E-state index contributed by atoms with van der Waals surface area (Å²) in [7, 11) is 0. The molecule has 1 aromatic heterocycles. The summed E-state index contributed by atoms with van der Waals surface area (Å²) in [5.41, 5.74) is 1.05. The molecule has 1 heterocycles. The average molecular weight is 258 g/mol. The minimum absolute atomic E-state index is 0.0957. The van der Waals surface area contributed by atoms with Crippen LogP contribution in [0.25, 0.3) is 0 Å². The molecule has 0 aliphatic rings. The first-order valence-electron chi connectivity index (χ1n) is 4.67. The number of thiazole rings is 1. The molecule has 0 aliphatic heterocycles. The molecule has 0 atom stereocenters. The minimum Gasteiger partial charge on any atom is -0.390 e. The maximum atomic E-state index is 13.5. The van der Waals surface area contributed by atoms with Crippen molar-refractivity contribution in [3.8, 4) is 0 Å². The van der Waals surface area contributed by atoms with Crippen molar-refractivity contribution in [2.45, 2.75) is 13.0 Å². The van der Waals surface area contributed by atoms with Crippen LogP contribution in [0.2, 0.25) is 5.02 Å². The van der Waals surface area contributed by atoms with Crippen molar-refractivity contribution < 1.29 is 9.50 Å². The summed E-state index contributed by atoms with van der Waals surface area (Å²) < 4.78 is 13.5. The van der Waals surface area contributed by atoms with E-state index in [1.54, 1.807) is 17.5 Å². The van der Waals surface area contributed by atoms with Crippen LogP contribution in [0.1, 0.15) is 16.3 Å². The highest BCUT2D eigenvalue weighted by Crippen LogP contribution is 2.23. The standard InChI is InChI=1S/C11H9ClFNOS/c12-9-2-1-3-10(13)8(9)4-11-14-7(5-15)6-16-11/h1-3,6,15H,4-5H2. The molecule has 2 aromatic rings. The fourth-order valence-corrected chi connectivity index (χ4v) is 2.38. The molecule has 0 saturated heterocycles. The first kappa shape index (κ1) is 11.5. The number of benzene rings is 1. The van der Waals surface area contributed by atoms with Crippen LogP contribution in [-0.2, 0) is 13.0 Å². The number of hydrogen-bond acceptors (Lipinski definition) is 3. The number of aliphatic hydroxyl groups is 1. The average Bonchev–Trinajstić information content (AvgIpc) is 2.71. The van der Waals surface area contributed by atoms with Gasteiger partial charge in [-0.25, -0.2) is 9.37 Å². The Morgan fingerprint density at radius 3 is 2.88 bits per heavy atom. The zero-order chi connectivity index (χ0) is 11.5. The van der Waals surface area contributed by atoms with Crippen LogP contribution in [-0.4, -0.2) is 10.1 Å². The molecule has 0 aliphatic carbocycles. The van der Waals surface area contributed by atoms with Crippen LogP contribution < -0.4 is 0 Å². The lowest BCUT2D eigenvalue weighted by atomic mass is 10.1. The van der Waals surface area contributed by atoms with Gasteiger partial charge in [0.25, 0.3) is 0 Å². The van der Waals surface area contributed by atoms with Gasteiger partial charge in [-0.15, -0.1) is 11.3 Å². The highest BCUT2D eigenvalue weighted by atomic mass is 35.5. The molecular formula is C11H9ClFNOS. The molecule has 0 fully saturated rings. The van der Waals surface area contributed by atoms with Crippen molar-refractivity contribution >= 4 is 22.9 Å². The molecule has 16 heavy (non-hydrogen) atoms. The summed E-state index contributed by atoms with van der Waals surface area (Å²) in [6.07, 6.45) is 0.357. The normalized spacial score (nSPS) is 10.7. The van der Waals surface area contributed by atoms with Crippen LogP contribution in [0.5, 0.6) is 0 Å². The molecule has 0 radical (unpaired) electrons. The second kappa shape index (κ2) is 4.91. The molecule has 84 valence electrons. The van der Waals surface area contributed by atoms with Gasteiger partial charge in [0.15, 0.2) is 0 Å². The number of nitrogens with zero attached hydrogens (tertiary/aromatic N) is 1. The van der Waals surface area contributed by atoms with Gasteiger partial charge in [0, 0.05) is 22.4 Å². The molecule has 5 heteroatoms. The SMILES string of the molecule is OCc1csc(Cc2c(F)cccc2Cl)n1. The zero-order valence-corrected chi connectivity index (χ0v) is 9.85. The van der Waals surface area contributed by atoms with E-state index >= 15 is 0 Å². The Hall–Kier alpha value is -0.970. The quantitative estimate of drug-likeness (QED) is 0.917. The number of hydrogen-bond donors (Lipinski definition) is 1. The molecule has 2 nitrogen and oxygen atoms in total. The third-order valence-electron chi connectivity index (χ3n) is 2.15. The number of aliphatic hydroxyl groups excluding tert-OH is 1. The Morgan fingerprint density at radius 2 is 2.25 bits per heavy atom. The van der Waals surface area contributed by atoms with E-state index in [1.165, 1.54) is 17.4 Å². The fraction of sp³-hybridized carbons (Fsp3) is 0.182. The third kappa shape index (κ3) is 2.40. The van der Waals surface area contributed by atoms with Crippen molar-refractivity contribution in [3.63, 3.8) is 0 Å². The van der Waals surface area contributed by atoms with Crippen molar-refractivity contribution in [3.05, 3.63) is 50.7 Å². The summed E-state index contributed by atoms with van der Waals surface area (Å²) >= 11 is 7.30. The van der Waals surface area contributed by atoms with Crippen molar-refractivity contribution in [1.29, 1.82) is 0 Å². The topological polar surface area (TPSA) is 33.1 Å². The molecule has 0 spiro atoms. The number of rotatable bonds is 3. The van der Waals surface area contributed by atoms with Gasteiger partial charge in [0.1, 0.15) is 5.82 Å². The Kier molecular flexibility index (Phi) is 3.53. The highest BCUT2D eigenvalue weighted by molar-refractivity contribution is 7.09. The predicted octanol–water partition coefficient (Wildman–Crippen LogP) is 3.02. The highest BCUT2D eigenvalue weighted by Gasteiger charge is 2.10. The monoisotopic (exact) mass is 257 g/mol. The van der Waals surface area contributed by atoms with E-state index < -0.39 is 0 Å². The van der Waals surface area contributed by atoms with Crippen LogP contribution in [0, 0.1) is 5.82 Å². The van der Waals surface area contributed by atoms with Gasteiger partial charge in [-0.1, -0.05) is 17.7 Å². The van der Waals surface area contributed by atoms with Gasteiger partial charge < -0.3 is 5.11 Å². The zero-order valence-electron chi connectivity index (χ0n) is 8.28. The van der Waals surface area contributed by atoms with Crippen LogP contribution in [0.3, 0.4) is 0 Å². The van der Waals surface area contributed by atoms with Crippen molar-refractivity contribution in [2.75, 3.05) is 0 Å². The predicted molar refractivity (Wildman–Crippen MR) is 62.3 cm³/mol. The molecule has 0 saturated carbocycles. The number of halogens is 2. The molecule has 0 amide bonds. The van der Waals surface area contributed by atoms with Crippen molar-refractivity contribution in [1.82, 2.24) is 4.98 Å². The second-order valence-electron chi connectivity index (χ2n) is 3.27.